The Balaban J connectivity index is 2.28. The third-order valence-corrected chi connectivity index (χ3v) is 4.56. The average Bonchev–Trinajstić information content (AvgIpc) is 2.68. The summed E-state index contributed by atoms with van der Waals surface area (Å²) < 4.78 is 1.38. The zero-order chi connectivity index (χ0) is 12.4. The first kappa shape index (κ1) is 12.6. The first-order valence-corrected chi connectivity index (χ1v) is 7.18. The van der Waals surface area contributed by atoms with Crippen LogP contribution in [0.1, 0.15) is 26.3 Å². The van der Waals surface area contributed by atoms with Crippen molar-refractivity contribution in [2.75, 3.05) is 0 Å². The van der Waals surface area contributed by atoms with Crippen molar-refractivity contribution in [3.63, 3.8) is 0 Å². The lowest BCUT2D eigenvalue weighted by molar-refractivity contribution is 0.331. The van der Waals surface area contributed by atoms with Gasteiger partial charge in [0.2, 0.25) is 0 Å². The Hall–Kier alpha value is -0.860. The fourth-order valence-electron chi connectivity index (χ4n) is 2.47. The van der Waals surface area contributed by atoms with Gasteiger partial charge >= 0.3 is 0 Å². The van der Waals surface area contributed by atoms with E-state index in [0.717, 1.165) is 6.42 Å². The molecule has 0 aliphatic carbocycles. The molecule has 1 aromatic carbocycles. The molecule has 0 saturated carbocycles. The molecule has 1 aromatic heterocycles. The van der Waals surface area contributed by atoms with Crippen molar-refractivity contribution in [2.45, 2.75) is 33.2 Å². The van der Waals surface area contributed by atoms with Gasteiger partial charge in [-0.15, -0.1) is 11.3 Å². The third kappa shape index (κ3) is 2.70. The third-order valence-electron chi connectivity index (χ3n) is 3.55. The Kier molecular flexibility index (Phi) is 3.85. The molecule has 0 saturated heterocycles. The maximum absolute atomic E-state index is 6.10. The van der Waals surface area contributed by atoms with E-state index in [9.17, 15) is 0 Å². The maximum Gasteiger partial charge on any atom is 0.0345 e. The van der Waals surface area contributed by atoms with Gasteiger partial charge in [0.25, 0.3) is 0 Å². The summed E-state index contributed by atoms with van der Waals surface area (Å²) in [4.78, 5) is 0. The summed E-state index contributed by atoms with van der Waals surface area (Å²) >= 11 is 1.84. The molecule has 0 radical (unpaired) electrons. The van der Waals surface area contributed by atoms with Crippen molar-refractivity contribution >= 4 is 21.4 Å². The van der Waals surface area contributed by atoms with Gasteiger partial charge in [-0.25, -0.2) is 0 Å². The highest BCUT2D eigenvalue weighted by molar-refractivity contribution is 7.17. The van der Waals surface area contributed by atoms with E-state index in [4.69, 9.17) is 5.73 Å². The van der Waals surface area contributed by atoms with Gasteiger partial charge in [-0.3, -0.25) is 0 Å². The van der Waals surface area contributed by atoms with E-state index in [-0.39, 0.29) is 6.04 Å². The number of fused-ring (bicyclic) bond motifs is 1. The van der Waals surface area contributed by atoms with Crippen molar-refractivity contribution in [3.05, 3.63) is 35.2 Å². The Morgan fingerprint density at radius 3 is 2.53 bits per heavy atom. The zero-order valence-corrected chi connectivity index (χ0v) is 11.6. The second-order valence-electron chi connectivity index (χ2n) is 5.23. The number of thiophene rings is 1. The molecule has 1 nitrogen and oxygen atoms in total. The molecule has 2 atom stereocenters. The lowest BCUT2D eigenvalue weighted by Crippen LogP contribution is -2.32. The van der Waals surface area contributed by atoms with Crippen molar-refractivity contribution in [3.8, 4) is 0 Å². The summed E-state index contributed by atoms with van der Waals surface area (Å²) in [5, 5.41) is 3.70. The molecule has 2 N–H and O–H groups in total. The number of hydrogen-bond acceptors (Lipinski definition) is 2. The van der Waals surface area contributed by atoms with Crippen LogP contribution in [0.5, 0.6) is 0 Å². The van der Waals surface area contributed by atoms with Gasteiger partial charge in [-0.05, 0) is 47.6 Å². The Bertz CT molecular complexity index is 476. The van der Waals surface area contributed by atoms with Crippen LogP contribution in [0.25, 0.3) is 10.1 Å². The van der Waals surface area contributed by atoms with Crippen molar-refractivity contribution < 1.29 is 0 Å². The van der Waals surface area contributed by atoms with E-state index >= 15 is 0 Å². The Morgan fingerprint density at radius 2 is 1.88 bits per heavy atom. The average molecular weight is 247 g/mol. The standard InChI is InChI=1S/C15H21NS/c1-10(2)14(11(3)16)8-12-9-17-15-7-5-4-6-13(12)15/h4-7,9-11,14H,8,16H2,1-3H3. The highest BCUT2D eigenvalue weighted by Crippen LogP contribution is 2.30. The van der Waals surface area contributed by atoms with Crippen molar-refractivity contribution in [2.24, 2.45) is 17.6 Å². The summed E-state index contributed by atoms with van der Waals surface area (Å²) in [6.07, 6.45) is 1.10. The summed E-state index contributed by atoms with van der Waals surface area (Å²) in [6.45, 7) is 6.66. The first-order valence-electron chi connectivity index (χ1n) is 6.30. The lowest BCUT2D eigenvalue weighted by atomic mass is 9.84. The van der Waals surface area contributed by atoms with Crippen LogP contribution in [-0.2, 0) is 6.42 Å². The molecule has 0 aliphatic heterocycles. The number of nitrogens with two attached hydrogens (primary N) is 1. The van der Waals surface area contributed by atoms with Crippen LogP contribution in [0, 0.1) is 11.8 Å². The van der Waals surface area contributed by atoms with Gasteiger partial charge in [0.15, 0.2) is 0 Å². The lowest BCUT2D eigenvalue weighted by Gasteiger charge is -2.24. The number of hydrogen-bond donors (Lipinski definition) is 1. The molecule has 17 heavy (non-hydrogen) atoms. The minimum Gasteiger partial charge on any atom is -0.328 e. The predicted octanol–water partition coefficient (Wildman–Crippen LogP) is 4.06. The van der Waals surface area contributed by atoms with E-state index in [1.165, 1.54) is 15.6 Å². The molecular weight excluding hydrogens is 226 g/mol. The van der Waals surface area contributed by atoms with Gasteiger partial charge < -0.3 is 5.73 Å². The fraction of sp³-hybridized carbons (Fsp3) is 0.467. The number of benzene rings is 1. The summed E-state index contributed by atoms with van der Waals surface area (Å²) in [5.41, 5.74) is 7.56. The molecule has 0 spiro atoms. The van der Waals surface area contributed by atoms with Crippen molar-refractivity contribution in [1.82, 2.24) is 0 Å². The molecule has 0 amide bonds. The fourth-order valence-corrected chi connectivity index (χ4v) is 3.45. The monoisotopic (exact) mass is 247 g/mol. The van der Waals surface area contributed by atoms with Crippen molar-refractivity contribution in [1.29, 1.82) is 0 Å². The van der Waals surface area contributed by atoms with Crippen LogP contribution in [0.2, 0.25) is 0 Å². The van der Waals surface area contributed by atoms with Gasteiger partial charge in [0.1, 0.15) is 0 Å². The Morgan fingerprint density at radius 1 is 1.18 bits per heavy atom. The van der Waals surface area contributed by atoms with Crippen LogP contribution in [0.3, 0.4) is 0 Å². The highest BCUT2D eigenvalue weighted by Gasteiger charge is 2.19. The topological polar surface area (TPSA) is 26.0 Å². The van der Waals surface area contributed by atoms with Gasteiger partial charge in [0, 0.05) is 10.7 Å². The minimum absolute atomic E-state index is 0.258. The molecule has 1 heterocycles. The van der Waals surface area contributed by atoms with Gasteiger partial charge in [0.05, 0.1) is 0 Å². The largest absolute Gasteiger partial charge is 0.328 e. The van der Waals surface area contributed by atoms with E-state index < -0.39 is 0 Å². The van der Waals surface area contributed by atoms with Crippen LogP contribution >= 0.6 is 11.3 Å². The quantitative estimate of drug-likeness (QED) is 0.866. The minimum atomic E-state index is 0.258. The van der Waals surface area contributed by atoms with E-state index in [1.807, 2.05) is 11.3 Å². The molecule has 2 rings (SSSR count). The molecule has 0 aliphatic rings. The molecule has 2 aromatic rings. The van der Waals surface area contributed by atoms with Crippen LogP contribution in [-0.4, -0.2) is 6.04 Å². The molecule has 0 fully saturated rings. The normalized spacial score (nSPS) is 15.4. The van der Waals surface area contributed by atoms with E-state index in [1.54, 1.807) is 0 Å². The van der Waals surface area contributed by atoms with Gasteiger partial charge in [-0.2, -0.15) is 0 Å². The summed E-state index contributed by atoms with van der Waals surface area (Å²) in [5.74, 6) is 1.20. The predicted molar refractivity (Wildman–Crippen MR) is 77.5 cm³/mol. The van der Waals surface area contributed by atoms with Crippen LogP contribution in [0.4, 0.5) is 0 Å². The number of rotatable bonds is 4. The second-order valence-corrected chi connectivity index (χ2v) is 6.14. The van der Waals surface area contributed by atoms with Gasteiger partial charge in [-0.1, -0.05) is 32.0 Å². The van der Waals surface area contributed by atoms with Crippen LogP contribution < -0.4 is 5.73 Å². The molecule has 2 unspecified atom stereocenters. The zero-order valence-electron chi connectivity index (χ0n) is 10.8. The Labute approximate surface area is 108 Å². The second kappa shape index (κ2) is 5.19. The summed E-state index contributed by atoms with van der Waals surface area (Å²) in [6, 6.07) is 8.90. The SMILES string of the molecule is CC(C)C(Cc1csc2ccccc12)C(C)N. The molecule has 2 heteroatoms. The maximum atomic E-state index is 6.10. The molecule has 92 valence electrons. The smallest absolute Gasteiger partial charge is 0.0345 e. The highest BCUT2D eigenvalue weighted by atomic mass is 32.1. The van der Waals surface area contributed by atoms with E-state index in [2.05, 4.69) is 50.4 Å². The van der Waals surface area contributed by atoms with Crippen LogP contribution in [0.15, 0.2) is 29.6 Å². The molecular formula is C15H21NS. The molecule has 0 bridgehead atoms. The summed E-state index contributed by atoms with van der Waals surface area (Å²) in [7, 11) is 0. The first-order chi connectivity index (χ1) is 8.09. The van der Waals surface area contributed by atoms with E-state index in [0.29, 0.717) is 11.8 Å².